The van der Waals surface area contributed by atoms with Crippen LogP contribution in [-0.2, 0) is 9.53 Å². The van der Waals surface area contributed by atoms with Gasteiger partial charge in [0.2, 0.25) is 6.10 Å². The van der Waals surface area contributed by atoms with Gasteiger partial charge in [0.15, 0.2) is 0 Å². The van der Waals surface area contributed by atoms with Gasteiger partial charge in [0.05, 0.1) is 5.69 Å². The van der Waals surface area contributed by atoms with Gasteiger partial charge < -0.3 is 9.84 Å². The molecule has 1 aliphatic heterocycles. The van der Waals surface area contributed by atoms with Gasteiger partial charge in [-0.3, -0.25) is 4.90 Å². The van der Waals surface area contributed by atoms with Crippen molar-refractivity contribution in [2.24, 2.45) is 0 Å². The molecule has 0 saturated carbocycles. The van der Waals surface area contributed by atoms with Crippen LogP contribution in [0.25, 0.3) is 0 Å². The molecule has 0 spiro atoms. The van der Waals surface area contributed by atoms with Crippen molar-refractivity contribution in [3.63, 3.8) is 0 Å². The second kappa shape index (κ2) is 3.27. The van der Waals surface area contributed by atoms with E-state index >= 15 is 0 Å². The Morgan fingerprint density at radius 2 is 2.13 bits per heavy atom. The first kappa shape index (κ1) is 9.51. The fraction of sp³-hybridized carbons (Fsp3) is 0.200. The number of carbonyl (C=O) groups is 2. The lowest BCUT2D eigenvalue weighted by molar-refractivity contribution is -0.147. The molecule has 78 valence electrons. The van der Waals surface area contributed by atoms with Crippen molar-refractivity contribution in [3.8, 4) is 0 Å². The molecule has 1 atom stereocenters. The van der Waals surface area contributed by atoms with Crippen LogP contribution in [0.5, 0.6) is 0 Å². The number of carboxylic acid groups (broad SMARTS) is 1. The zero-order valence-electron chi connectivity index (χ0n) is 8.01. The third-order valence-corrected chi connectivity index (χ3v) is 2.30. The minimum atomic E-state index is -1.20. The number of carbonyl (C=O) groups excluding carboxylic acids is 1. The van der Waals surface area contributed by atoms with Crippen molar-refractivity contribution >= 4 is 17.7 Å². The topological polar surface area (TPSA) is 66.8 Å². The van der Waals surface area contributed by atoms with Crippen LogP contribution in [0.15, 0.2) is 24.3 Å². The average Bonchev–Trinajstić information content (AvgIpc) is 2.23. The van der Waals surface area contributed by atoms with Gasteiger partial charge in [-0.25, -0.2) is 9.59 Å². The standard InChI is InChI=1S/C10H9NO4/c1-11-7-5-3-2-4-6(7)8(9(12)13)15-10(11)14/h2-5,8H,1H3,(H,12,13). The highest BCUT2D eigenvalue weighted by atomic mass is 16.6. The summed E-state index contributed by atoms with van der Waals surface area (Å²) < 4.78 is 4.77. The predicted octanol–water partition coefficient (Wildman–Crippen LogP) is 1.40. The molecule has 5 nitrogen and oxygen atoms in total. The first-order valence-corrected chi connectivity index (χ1v) is 4.37. The molecule has 5 heteroatoms. The Hall–Kier alpha value is -2.04. The van der Waals surface area contributed by atoms with Crippen LogP contribution in [0.3, 0.4) is 0 Å². The largest absolute Gasteiger partial charge is 0.478 e. The van der Waals surface area contributed by atoms with Crippen LogP contribution in [0, 0.1) is 0 Å². The number of carboxylic acids is 1. The number of anilines is 1. The van der Waals surface area contributed by atoms with Crippen LogP contribution in [0.2, 0.25) is 0 Å². The summed E-state index contributed by atoms with van der Waals surface area (Å²) >= 11 is 0. The summed E-state index contributed by atoms with van der Waals surface area (Å²) in [6, 6.07) is 6.78. The van der Waals surface area contributed by atoms with E-state index in [9.17, 15) is 9.59 Å². The number of amides is 1. The number of para-hydroxylation sites is 1. The molecule has 1 unspecified atom stereocenters. The molecule has 0 radical (unpaired) electrons. The number of fused-ring (bicyclic) bond motifs is 1. The minimum Gasteiger partial charge on any atom is -0.478 e. The fourth-order valence-corrected chi connectivity index (χ4v) is 1.54. The van der Waals surface area contributed by atoms with Gasteiger partial charge in [-0.1, -0.05) is 18.2 Å². The number of nitrogens with zero attached hydrogens (tertiary/aromatic N) is 1. The molecule has 15 heavy (non-hydrogen) atoms. The van der Waals surface area contributed by atoms with E-state index in [1.165, 1.54) is 4.90 Å². The van der Waals surface area contributed by atoms with E-state index in [1.54, 1.807) is 31.3 Å². The molecule has 1 N–H and O–H groups in total. The molecule has 1 heterocycles. The molecule has 1 aliphatic rings. The van der Waals surface area contributed by atoms with Gasteiger partial charge in [-0.05, 0) is 6.07 Å². The highest BCUT2D eigenvalue weighted by Crippen LogP contribution is 2.33. The summed E-state index contributed by atoms with van der Waals surface area (Å²) in [6.45, 7) is 0. The molecule has 0 aliphatic carbocycles. The molecule has 2 rings (SSSR count). The molecule has 0 aromatic heterocycles. The SMILES string of the molecule is CN1C(=O)OC(C(=O)O)c2ccccc21. The predicted molar refractivity (Wildman–Crippen MR) is 51.7 cm³/mol. The van der Waals surface area contributed by atoms with E-state index in [2.05, 4.69) is 0 Å². The van der Waals surface area contributed by atoms with Gasteiger partial charge >= 0.3 is 12.1 Å². The maximum absolute atomic E-state index is 11.3. The van der Waals surface area contributed by atoms with Crippen molar-refractivity contribution in [2.45, 2.75) is 6.10 Å². The highest BCUT2D eigenvalue weighted by Gasteiger charge is 2.34. The number of cyclic esters (lactones) is 1. The number of benzene rings is 1. The molecule has 0 fully saturated rings. The van der Waals surface area contributed by atoms with E-state index in [0.717, 1.165) is 0 Å². The zero-order chi connectivity index (χ0) is 11.0. The molecular weight excluding hydrogens is 198 g/mol. The Bertz CT molecular complexity index is 429. The van der Waals surface area contributed by atoms with Crippen LogP contribution >= 0.6 is 0 Å². The number of rotatable bonds is 1. The number of ether oxygens (including phenoxy) is 1. The first-order valence-electron chi connectivity index (χ1n) is 4.37. The van der Waals surface area contributed by atoms with Crippen LogP contribution < -0.4 is 4.90 Å². The lowest BCUT2D eigenvalue weighted by Gasteiger charge is -2.29. The van der Waals surface area contributed by atoms with Gasteiger partial charge in [0.25, 0.3) is 0 Å². The van der Waals surface area contributed by atoms with Gasteiger partial charge in [-0.15, -0.1) is 0 Å². The molecular formula is C10H9NO4. The van der Waals surface area contributed by atoms with Crippen molar-refractivity contribution in [1.82, 2.24) is 0 Å². The van der Waals surface area contributed by atoms with E-state index in [4.69, 9.17) is 9.84 Å². The molecule has 1 aromatic rings. The average molecular weight is 207 g/mol. The monoisotopic (exact) mass is 207 g/mol. The highest BCUT2D eigenvalue weighted by molar-refractivity contribution is 5.94. The quantitative estimate of drug-likeness (QED) is 0.755. The summed E-state index contributed by atoms with van der Waals surface area (Å²) in [5, 5.41) is 8.89. The normalized spacial score (nSPS) is 19.4. The Labute approximate surface area is 85.9 Å². The van der Waals surface area contributed by atoms with Crippen molar-refractivity contribution in [1.29, 1.82) is 0 Å². The van der Waals surface area contributed by atoms with E-state index < -0.39 is 18.2 Å². The summed E-state index contributed by atoms with van der Waals surface area (Å²) in [4.78, 5) is 23.5. The Balaban J connectivity index is 2.54. The number of aliphatic carboxylic acids is 1. The van der Waals surface area contributed by atoms with Gasteiger partial charge in [0.1, 0.15) is 0 Å². The van der Waals surface area contributed by atoms with Crippen LogP contribution in [0.1, 0.15) is 11.7 Å². The van der Waals surface area contributed by atoms with E-state index in [-0.39, 0.29) is 0 Å². The Morgan fingerprint density at radius 1 is 1.47 bits per heavy atom. The van der Waals surface area contributed by atoms with Crippen molar-refractivity contribution in [3.05, 3.63) is 29.8 Å². The third-order valence-electron chi connectivity index (χ3n) is 2.30. The van der Waals surface area contributed by atoms with E-state index in [1.807, 2.05) is 0 Å². The summed E-state index contributed by atoms with van der Waals surface area (Å²) in [7, 11) is 1.54. The van der Waals surface area contributed by atoms with Gasteiger partial charge in [0, 0.05) is 12.6 Å². The molecule has 0 bridgehead atoms. The lowest BCUT2D eigenvalue weighted by atomic mass is 10.1. The lowest BCUT2D eigenvalue weighted by Crippen LogP contribution is -2.36. The van der Waals surface area contributed by atoms with Gasteiger partial charge in [-0.2, -0.15) is 0 Å². The third kappa shape index (κ3) is 1.41. The first-order chi connectivity index (χ1) is 7.11. The molecule has 1 aromatic carbocycles. The summed E-state index contributed by atoms with van der Waals surface area (Å²) in [5.74, 6) is -1.16. The Morgan fingerprint density at radius 3 is 2.80 bits per heavy atom. The van der Waals surface area contributed by atoms with Crippen LogP contribution in [-0.4, -0.2) is 24.2 Å². The second-order valence-electron chi connectivity index (χ2n) is 3.22. The van der Waals surface area contributed by atoms with E-state index in [0.29, 0.717) is 11.3 Å². The second-order valence-corrected chi connectivity index (χ2v) is 3.22. The number of hydrogen-bond donors (Lipinski definition) is 1. The summed E-state index contributed by atoms with van der Waals surface area (Å²) in [6.07, 6.45) is -1.86. The maximum atomic E-state index is 11.3. The Kier molecular flexibility index (Phi) is 2.07. The van der Waals surface area contributed by atoms with Crippen LogP contribution in [0.4, 0.5) is 10.5 Å². The zero-order valence-corrected chi connectivity index (χ0v) is 8.01. The van der Waals surface area contributed by atoms with Crippen molar-refractivity contribution < 1.29 is 19.4 Å². The summed E-state index contributed by atoms with van der Waals surface area (Å²) in [5.41, 5.74) is 1.06. The smallest absolute Gasteiger partial charge is 0.415 e. The maximum Gasteiger partial charge on any atom is 0.415 e. The minimum absolute atomic E-state index is 0.493. The molecule has 0 saturated heterocycles. The van der Waals surface area contributed by atoms with Crippen molar-refractivity contribution in [2.75, 3.05) is 11.9 Å². The fourth-order valence-electron chi connectivity index (χ4n) is 1.54. The number of hydrogen-bond acceptors (Lipinski definition) is 3. The molecule has 1 amide bonds.